The molecule has 0 fully saturated rings. The minimum Gasteiger partial charge on any atom is -0.360 e. The lowest BCUT2D eigenvalue weighted by molar-refractivity contribution is 0.603. The van der Waals surface area contributed by atoms with Crippen LogP contribution in [0.2, 0.25) is 0 Å². The Morgan fingerprint density at radius 2 is 2.00 bits per heavy atom. The number of hydrogen-bond donors (Lipinski definition) is 1. The molecule has 0 spiro atoms. The molecule has 2 aromatic heterocycles. The monoisotopic (exact) mass is 353 g/mol. The Morgan fingerprint density at radius 1 is 1.22 bits per heavy atom. The second-order valence-electron chi connectivity index (χ2n) is 5.36. The van der Waals surface area contributed by atoms with Gasteiger partial charge in [-0.25, -0.2) is 13.4 Å². The smallest absolute Gasteiger partial charge is 0.271 e. The summed E-state index contributed by atoms with van der Waals surface area (Å²) in [5, 5.41) is 0. The number of pyridine rings is 1. The van der Waals surface area contributed by atoms with Crippen molar-refractivity contribution in [2.45, 2.75) is 37.3 Å². The predicted octanol–water partition coefficient (Wildman–Crippen LogP) is 3.74. The fourth-order valence-corrected chi connectivity index (χ4v) is 4.42. The Morgan fingerprint density at radius 3 is 2.57 bits per heavy atom. The van der Waals surface area contributed by atoms with Crippen molar-refractivity contribution in [3.05, 3.63) is 35.3 Å². The molecule has 0 bridgehead atoms. The van der Waals surface area contributed by atoms with Crippen molar-refractivity contribution >= 4 is 32.9 Å². The van der Waals surface area contributed by atoms with Crippen molar-refractivity contribution in [1.29, 1.82) is 0 Å². The third-order valence-corrected chi connectivity index (χ3v) is 6.59. The van der Waals surface area contributed by atoms with Gasteiger partial charge in [-0.15, -0.1) is 11.3 Å². The van der Waals surface area contributed by atoms with Gasteiger partial charge < -0.3 is 4.90 Å². The molecule has 0 saturated heterocycles. The summed E-state index contributed by atoms with van der Waals surface area (Å²) in [5.41, 5.74) is 0.476. The molecular formula is C16H23N3O2S2. The van der Waals surface area contributed by atoms with Crippen LogP contribution in [0.5, 0.6) is 0 Å². The lowest BCUT2D eigenvalue weighted by Gasteiger charge is -2.17. The van der Waals surface area contributed by atoms with Crippen LogP contribution in [0, 0.1) is 0 Å². The normalized spacial score (nSPS) is 11.4. The summed E-state index contributed by atoms with van der Waals surface area (Å²) < 4.78 is 27.6. The highest BCUT2D eigenvalue weighted by Crippen LogP contribution is 2.24. The van der Waals surface area contributed by atoms with Gasteiger partial charge in [0, 0.05) is 18.5 Å². The van der Waals surface area contributed by atoms with E-state index in [-0.39, 0.29) is 0 Å². The molecule has 0 amide bonds. The van der Waals surface area contributed by atoms with E-state index in [1.165, 1.54) is 11.3 Å². The summed E-state index contributed by atoms with van der Waals surface area (Å²) in [5.74, 6) is 0.839. The molecule has 0 aromatic carbocycles. The molecule has 0 aliphatic carbocycles. The topological polar surface area (TPSA) is 62.3 Å². The van der Waals surface area contributed by atoms with E-state index in [1.807, 2.05) is 26.1 Å². The number of unbranched alkanes of at least 4 members (excludes halogenated alkanes) is 1. The zero-order valence-corrected chi connectivity index (χ0v) is 15.4. The van der Waals surface area contributed by atoms with Crippen LogP contribution in [0.25, 0.3) is 0 Å². The summed E-state index contributed by atoms with van der Waals surface area (Å²) in [6.45, 7) is 5.09. The molecule has 0 radical (unpaired) electrons. The van der Waals surface area contributed by atoms with E-state index in [2.05, 4.69) is 21.5 Å². The number of aryl methyl sites for hydroxylation is 1. The number of nitrogens with zero attached hydrogens (tertiary/aromatic N) is 2. The molecule has 1 N–H and O–H groups in total. The molecule has 0 aliphatic rings. The Hall–Kier alpha value is -1.60. The number of hydrogen-bond acceptors (Lipinski definition) is 5. The number of anilines is 2. The molecular weight excluding hydrogens is 330 g/mol. The van der Waals surface area contributed by atoms with Crippen LogP contribution < -0.4 is 9.62 Å². The molecule has 23 heavy (non-hydrogen) atoms. The van der Waals surface area contributed by atoms with Crippen molar-refractivity contribution in [3.63, 3.8) is 0 Å². The third kappa shape index (κ3) is 4.68. The van der Waals surface area contributed by atoms with E-state index in [9.17, 15) is 8.42 Å². The first-order valence-corrected chi connectivity index (χ1v) is 10.0. The Labute approximate surface area is 142 Å². The molecule has 126 valence electrons. The Bertz CT molecular complexity index is 724. The maximum absolute atomic E-state index is 12.4. The molecule has 2 aromatic rings. The standard InChI is InChI=1S/C16H23N3O2S2/c1-4-6-11-19(3)15-9-7-13(12-17-15)18-23(20,21)16-10-8-14(5-2)22-16/h7-10,12,18H,4-6,11H2,1-3H3. The quantitative estimate of drug-likeness (QED) is 0.785. The second-order valence-corrected chi connectivity index (χ2v) is 8.44. The van der Waals surface area contributed by atoms with Gasteiger partial charge in [-0.05, 0) is 37.1 Å². The van der Waals surface area contributed by atoms with Crippen molar-refractivity contribution in [2.24, 2.45) is 0 Å². The number of aromatic nitrogens is 1. The molecule has 2 heterocycles. The first kappa shape index (κ1) is 17.7. The predicted molar refractivity (Wildman–Crippen MR) is 96.9 cm³/mol. The Kier molecular flexibility index (Phi) is 6.01. The average molecular weight is 354 g/mol. The van der Waals surface area contributed by atoms with Crippen LogP contribution >= 0.6 is 11.3 Å². The maximum Gasteiger partial charge on any atom is 0.271 e. The lowest BCUT2D eigenvalue weighted by atomic mass is 10.3. The van der Waals surface area contributed by atoms with Gasteiger partial charge in [-0.1, -0.05) is 20.3 Å². The molecule has 5 nitrogen and oxygen atoms in total. The van der Waals surface area contributed by atoms with Crippen LogP contribution in [0.1, 0.15) is 31.6 Å². The summed E-state index contributed by atoms with van der Waals surface area (Å²) >= 11 is 1.30. The number of thiophene rings is 1. The number of nitrogens with one attached hydrogen (secondary N) is 1. The van der Waals surface area contributed by atoms with E-state index in [0.717, 1.165) is 36.5 Å². The summed E-state index contributed by atoms with van der Waals surface area (Å²) in [6.07, 6.45) is 4.62. The van der Waals surface area contributed by atoms with Crippen LogP contribution in [-0.2, 0) is 16.4 Å². The van der Waals surface area contributed by atoms with Crippen molar-refractivity contribution in [2.75, 3.05) is 23.2 Å². The van der Waals surface area contributed by atoms with Gasteiger partial charge in [0.15, 0.2) is 0 Å². The second kappa shape index (κ2) is 7.79. The van der Waals surface area contributed by atoms with E-state index < -0.39 is 10.0 Å². The van der Waals surface area contributed by atoms with Gasteiger partial charge in [0.05, 0.1) is 11.9 Å². The van der Waals surface area contributed by atoms with Crippen molar-refractivity contribution in [1.82, 2.24) is 4.98 Å². The maximum atomic E-state index is 12.4. The highest BCUT2D eigenvalue weighted by atomic mass is 32.2. The first-order chi connectivity index (χ1) is 11.0. The third-order valence-electron chi connectivity index (χ3n) is 3.49. The first-order valence-electron chi connectivity index (χ1n) is 7.75. The minimum absolute atomic E-state index is 0.332. The largest absolute Gasteiger partial charge is 0.360 e. The van der Waals surface area contributed by atoms with Gasteiger partial charge in [0.1, 0.15) is 10.0 Å². The highest BCUT2D eigenvalue weighted by Gasteiger charge is 2.17. The average Bonchev–Trinajstić information content (AvgIpc) is 3.03. The summed E-state index contributed by atoms with van der Waals surface area (Å²) in [6, 6.07) is 7.07. The fraction of sp³-hybridized carbons (Fsp3) is 0.438. The van der Waals surface area contributed by atoms with Gasteiger partial charge in [-0.2, -0.15) is 0 Å². The van der Waals surface area contributed by atoms with E-state index in [1.54, 1.807) is 18.3 Å². The zero-order valence-electron chi connectivity index (χ0n) is 13.7. The van der Waals surface area contributed by atoms with Crippen LogP contribution in [0.15, 0.2) is 34.7 Å². The minimum atomic E-state index is -3.53. The van der Waals surface area contributed by atoms with Gasteiger partial charge in [0.2, 0.25) is 0 Å². The number of rotatable bonds is 8. The number of sulfonamides is 1. The molecule has 0 aliphatic heterocycles. The fourth-order valence-electron chi connectivity index (χ4n) is 2.08. The van der Waals surface area contributed by atoms with Crippen molar-refractivity contribution in [3.8, 4) is 0 Å². The summed E-state index contributed by atoms with van der Waals surface area (Å²) in [7, 11) is -1.55. The van der Waals surface area contributed by atoms with E-state index in [4.69, 9.17) is 0 Å². The van der Waals surface area contributed by atoms with Crippen LogP contribution in [0.4, 0.5) is 11.5 Å². The van der Waals surface area contributed by atoms with Gasteiger partial charge in [0.25, 0.3) is 10.0 Å². The highest BCUT2D eigenvalue weighted by molar-refractivity contribution is 7.94. The van der Waals surface area contributed by atoms with E-state index in [0.29, 0.717) is 9.90 Å². The van der Waals surface area contributed by atoms with Gasteiger partial charge >= 0.3 is 0 Å². The van der Waals surface area contributed by atoms with Crippen molar-refractivity contribution < 1.29 is 8.42 Å². The Balaban J connectivity index is 2.08. The lowest BCUT2D eigenvalue weighted by Crippen LogP contribution is -2.19. The van der Waals surface area contributed by atoms with Crippen LogP contribution in [0.3, 0.4) is 0 Å². The molecule has 7 heteroatoms. The molecule has 0 atom stereocenters. The summed E-state index contributed by atoms with van der Waals surface area (Å²) in [4.78, 5) is 7.45. The zero-order chi connectivity index (χ0) is 16.9. The molecule has 2 rings (SSSR count). The molecule has 0 unspecified atom stereocenters. The SMILES string of the molecule is CCCCN(C)c1ccc(NS(=O)(=O)c2ccc(CC)s2)cn1. The van der Waals surface area contributed by atoms with Crippen LogP contribution in [-0.4, -0.2) is 27.0 Å². The van der Waals surface area contributed by atoms with E-state index >= 15 is 0 Å². The van der Waals surface area contributed by atoms with Gasteiger partial charge in [-0.3, -0.25) is 4.72 Å². The molecule has 0 saturated carbocycles.